The van der Waals surface area contributed by atoms with Gasteiger partial charge in [-0.1, -0.05) is 0 Å². The van der Waals surface area contributed by atoms with Gasteiger partial charge < -0.3 is 14.4 Å². The smallest absolute Gasteiger partial charge is 0.410 e. The van der Waals surface area contributed by atoms with Crippen LogP contribution in [0.1, 0.15) is 27.2 Å². The first-order valence-electron chi connectivity index (χ1n) is 6.60. The summed E-state index contributed by atoms with van der Waals surface area (Å²) in [7, 11) is 0. The summed E-state index contributed by atoms with van der Waals surface area (Å²) in [5.41, 5.74) is -0.468. The van der Waals surface area contributed by atoms with E-state index < -0.39 is 5.60 Å². The topological polar surface area (TPSA) is 51.7 Å². The minimum absolute atomic E-state index is 0.0666. The van der Waals surface area contributed by atoms with Crippen molar-refractivity contribution in [2.45, 2.75) is 38.8 Å². The summed E-state index contributed by atoms with van der Waals surface area (Å²) in [6.07, 6.45) is 2.34. The van der Waals surface area contributed by atoms with Gasteiger partial charge in [0, 0.05) is 12.7 Å². The van der Waals surface area contributed by atoms with Crippen LogP contribution in [0, 0.1) is 0 Å². The lowest BCUT2D eigenvalue weighted by Gasteiger charge is -2.41. The molecule has 1 aromatic heterocycles. The molecule has 1 fully saturated rings. The Morgan fingerprint density at radius 3 is 2.85 bits per heavy atom. The summed E-state index contributed by atoms with van der Waals surface area (Å²) < 4.78 is 11.7. The second-order valence-electron chi connectivity index (χ2n) is 5.72. The Labute approximate surface area is 127 Å². The highest BCUT2D eigenvalue weighted by Crippen LogP contribution is 2.25. The van der Waals surface area contributed by atoms with E-state index in [2.05, 4.69) is 20.9 Å². The average Bonchev–Trinajstić information content (AvgIpc) is 2.27. The molecule has 0 saturated carbocycles. The second-order valence-corrected chi connectivity index (χ2v) is 6.47. The van der Waals surface area contributed by atoms with Gasteiger partial charge in [0.05, 0.1) is 6.04 Å². The molecule has 0 radical (unpaired) electrons. The van der Waals surface area contributed by atoms with Crippen molar-refractivity contribution < 1.29 is 14.3 Å². The SMILES string of the molecule is CC(C)(C)OC(=O)N1CC[C@H]1COc1cccnc1Br. The van der Waals surface area contributed by atoms with E-state index in [0.29, 0.717) is 17.0 Å². The number of halogens is 1. The normalized spacial score (nSPS) is 18.4. The molecule has 1 aliphatic rings. The minimum atomic E-state index is -0.468. The van der Waals surface area contributed by atoms with Crippen molar-refractivity contribution in [3.05, 3.63) is 22.9 Å². The van der Waals surface area contributed by atoms with Gasteiger partial charge in [-0.2, -0.15) is 0 Å². The molecule has 6 heteroatoms. The number of hydrogen-bond donors (Lipinski definition) is 0. The van der Waals surface area contributed by atoms with Gasteiger partial charge in [0.25, 0.3) is 0 Å². The Kier molecular flexibility index (Phi) is 4.52. The number of nitrogens with zero attached hydrogens (tertiary/aromatic N) is 2. The van der Waals surface area contributed by atoms with Crippen LogP contribution >= 0.6 is 15.9 Å². The molecule has 1 aliphatic heterocycles. The molecule has 1 aromatic rings. The van der Waals surface area contributed by atoms with Crippen molar-refractivity contribution >= 4 is 22.0 Å². The Hall–Kier alpha value is -1.30. The van der Waals surface area contributed by atoms with Crippen molar-refractivity contribution in [3.63, 3.8) is 0 Å². The average molecular weight is 343 g/mol. The van der Waals surface area contributed by atoms with Crippen LogP contribution in [-0.4, -0.2) is 40.8 Å². The molecule has 1 atom stereocenters. The third-order valence-electron chi connectivity index (χ3n) is 2.93. The molecular formula is C14H19BrN2O3. The van der Waals surface area contributed by atoms with Crippen molar-refractivity contribution in [3.8, 4) is 5.75 Å². The van der Waals surface area contributed by atoms with Gasteiger partial charge >= 0.3 is 6.09 Å². The first-order chi connectivity index (χ1) is 9.37. The summed E-state index contributed by atoms with van der Waals surface area (Å²) in [6, 6.07) is 3.72. The quantitative estimate of drug-likeness (QED) is 0.791. The lowest BCUT2D eigenvalue weighted by atomic mass is 10.1. The van der Waals surface area contributed by atoms with Crippen molar-refractivity contribution in [2.24, 2.45) is 0 Å². The van der Waals surface area contributed by atoms with Crippen LogP contribution in [-0.2, 0) is 4.74 Å². The number of carbonyl (C=O) groups excluding carboxylic acids is 1. The van der Waals surface area contributed by atoms with Crippen LogP contribution in [0.3, 0.4) is 0 Å². The largest absolute Gasteiger partial charge is 0.489 e. The van der Waals surface area contributed by atoms with Crippen LogP contribution in [0.15, 0.2) is 22.9 Å². The van der Waals surface area contributed by atoms with Crippen LogP contribution in [0.5, 0.6) is 5.75 Å². The molecule has 0 unspecified atom stereocenters. The molecule has 0 bridgehead atoms. The Morgan fingerprint density at radius 1 is 1.55 bits per heavy atom. The second kappa shape index (κ2) is 5.99. The fraction of sp³-hybridized carbons (Fsp3) is 0.571. The van der Waals surface area contributed by atoms with Gasteiger partial charge in [0.2, 0.25) is 0 Å². The monoisotopic (exact) mass is 342 g/mol. The maximum absolute atomic E-state index is 12.0. The van der Waals surface area contributed by atoms with E-state index in [1.165, 1.54) is 0 Å². The van der Waals surface area contributed by atoms with Crippen LogP contribution in [0.2, 0.25) is 0 Å². The zero-order chi connectivity index (χ0) is 14.8. The molecule has 20 heavy (non-hydrogen) atoms. The number of amides is 1. The van der Waals surface area contributed by atoms with Crippen LogP contribution < -0.4 is 4.74 Å². The number of carbonyl (C=O) groups is 1. The Bertz CT molecular complexity index is 488. The van der Waals surface area contributed by atoms with Gasteiger partial charge in [0.1, 0.15) is 16.8 Å². The number of aromatic nitrogens is 1. The summed E-state index contributed by atoms with van der Waals surface area (Å²) in [5, 5.41) is 0. The van der Waals surface area contributed by atoms with E-state index in [9.17, 15) is 4.79 Å². The van der Waals surface area contributed by atoms with Crippen molar-refractivity contribution in [1.82, 2.24) is 9.88 Å². The highest BCUT2D eigenvalue weighted by atomic mass is 79.9. The molecule has 2 rings (SSSR count). The predicted octanol–water partition coefficient (Wildman–Crippen LogP) is 3.23. The third kappa shape index (κ3) is 3.85. The van der Waals surface area contributed by atoms with E-state index in [1.807, 2.05) is 32.9 Å². The molecule has 0 N–H and O–H groups in total. The van der Waals surface area contributed by atoms with Crippen molar-refractivity contribution in [2.75, 3.05) is 13.2 Å². The summed E-state index contributed by atoms with van der Waals surface area (Å²) in [5.74, 6) is 0.684. The first-order valence-corrected chi connectivity index (χ1v) is 7.39. The molecule has 0 spiro atoms. The number of rotatable bonds is 3. The fourth-order valence-corrected chi connectivity index (χ4v) is 2.20. The lowest BCUT2D eigenvalue weighted by Crippen LogP contribution is -2.55. The molecule has 5 nitrogen and oxygen atoms in total. The number of ether oxygens (including phenoxy) is 2. The maximum atomic E-state index is 12.0. The van der Waals surface area contributed by atoms with Gasteiger partial charge in [-0.05, 0) is 55.3 Å². The molecule has 110 valence electrons. The predicted molar refractivity (Wildman–Crippen MR) is 78.8 cm³/mol. The zero-order valence-electron chi connectivity index (χ0n) is 11.9. The van der Waals surface area contributed by atoms with E-state index >= 15 is 0 Å². The molecule has 2 heterocycles. The van der Waals surface area contributed by atoms with Gasteiger partial charge in [0.15, 0.2) is 5.75 Å². The zero-order valence-corrected chi connectivity index (χ0v) is 13.5. The standard InChI is InChI=1S/C14H19BrN2O3/c1-14(2,3)20-13(18)17-8-6-10(17)9-19-11-5-4-7-16-12(11)15/h4-5,7,10H,6,8-9H2,1-3H3/t10-/m0/s1. The maximum Gasteiger partial charge on any atom is 0.410 e. The van der Waals surface area contributed by atoms with E-state index in [1.54, 1.807) is 11.1 Å². The first kappa shape index (κ1) is 15.1. The molecular weight excluding hydrogens is 324 g/mol. The lowest BCUT2D eigenvalue weighted by molar-refractivity contribution is -0.0142. The summed E-state index contributed by atoms with van der Waals surface area (Å²) >= 11 is 3.33. The Balaban J connectivity index is 1.86. The molecule has 0 aliphatic carbocycles. The minimum Gasteiger partial charge on any atom is -0.489 e. The van der Waals surface area contributed by atoms with Crippen LogP contribution in [0.4, 0.5) is 4.79 Å². The third-order valence-corrected chi connectivity index (χ3v) is 3.52. The van der Waals surface area contributed by atoms with Gasteiger partial charge in [-0.15, -0.1) is 0 Å². The number of hydrogen-bond acceptors (Lipinski definition) is 4. The molecule has 0 aromatic carbocycles. The highest BCUT2D eigenvalue weighted by Gasteiger charge is 2.35. The molecule has 1 saturated heterocycles. The fourth-order valence-electron chi connectivity index (χ4n) is 1.84. The summed E-state index contributed by atoms with van der Waals surface area (Å²) in [4.78, 5) is 17.8. The van der Waals surface area contributed by atoms with Gasteiger partial charge in [-0.25, -0.2) is 9.78 Å². The number of likely N-dealkylation sites (tertiary alicyclic amines) is 1. The van der Waals surface area contributed by atoms with Gasteiger partial charge in [-0.3, -0.25) is 0 Å². The van der Waals surface area contributed by atoms with E-state index in [4.69, 9.17) is 9.47 Å². The van der Waals surface area contributed by atoms with E-state index in [0.717, 1.165) is 13.0 Å². The van der Waals surface area contributed by atoms with Crippen LogP contribution in [0.25, 0.3) is 0 Å². The summed E-state index contributed by atoms with van der Waals surface area (Å²) in [6.45, 7) is 6.76. The van der Waals surface area contributed by atoms with E-state index in [-0.39, 0.29) is 12.1 Å². The number of pyridine rings is 1. The highest BCUT2D eigenvalue weighted by molar-refractivity contribution is 9.10. The molecule has 1 amide bonds. The Morgan fingerprint density at radius 2 is 2.30 bits per heavy atom. The van der Waals surface area contributed by atoms with Crippen molar-refractivity contribution in [1.29, 1.82) is 0 Å².